The van der Waals surface area contributed by atoms with Crippen molar-refractivity contribution >= 4 is 39.2 Å². The monoisotopic (exact) mass is 547 g/mol. The number of hydrogen-bond acceptors (Lipinski definition) is 10. The van der Waals surface area contributed by atoms with E-state index in [4.69, 9.17) is 19.4 Å². The number of benzene rings is 1. The minimum absolute atomic E-state index is 0.0841. The highest BCUT2D eigenvalue weighted by molar-refractivity contribution is 7.20. The number of rotatable bonds is 4. The van der Waals surface area contributed by atoms with Crippen LogP contribution in [0.1, 0.15) is 17.7 Å². The molecule has 0 aliphatic carbocycles. The molecular formula is C28H29N5O5S. The van der Waals surface area contributed by atoms with Gasteiger partial charge in [0.25, 0.3) is 5.91 Å². The number of anilines is 1. The lowest BCUT2D eigenvalue weighted by molar-refractivity contribution is -0.153. The number of morpholine rings is 1. The number of thiophene rings is 1. The Labute approximate surface area is 230 Å². The number of aromatic hydroxyl groups is 1. The van der Waals surface area contributed by atoms with E-state index in [1.165, 1.54) is 0 Å². The minimum Gasteiger partial charge on any atom is -0.508 e. The van der Waals surface area contributed by atoms with Crippen molar-refractivity contribution in [2.24, 2.45) is 0 Å². The molecule has 0 spiro atoms. The van der Waals surface area contributed by atoms with Crippen LogP contribution in [0.25, 0.3) is 21.6 Å². The van der Waals surface area contributed by atoms with Crippen LogP contribution in [0.5, 0.6) is 5.75 Å². The fourth-order valence-electron chi connectivity index (χ4n) is 5.01. The normalized spacial score (nSPS) is 20.1. The molecule has 3 fully saturated rings. The van der Waals surface area contributed by atoms with Crippen molar-refractivity contribution < 1.29 is 24.2 Å². The smallest absolute Gasteiger partial charge is 0.306 e. The van der Waals surface area contributed by atoms with Gasteiger partial charge in [-0.1, -0.05) is 24.0 Å². The van der Waals surface area contributed by atoms with E-state index in [9.17, 15) is 14.7 Å². The molecule has 3 aliphatic heterocycles. The van der Waals surface area contributed by atoms with Gasteiger partial charge in [-0.15, -0.1) is 11.3 Å². The highest BCUT2D eigenvalue weighted by atomic mass is 32.1. The molecular weight excluding hydrogens is 518 g/mol. The average molecular weight is 548 g/mol. The summed E-state index contributed by atoms with van der Waals surface area (Å²) in [5.74, 6) is 7.83. The summed E-state index contributed by atoms with van der Waals surface area (Å²) in [7, 11) is 0. The number of phenols is 1. The van der Waals surface area contributed by atoms with Crippen molar-refractivity contribution in [3.05, 3.63) is 35.2 Å². The molecule has 3 aliphatic rings. The molecule has 39 heavy (non-hydrogen) atoms. The Morgan fingerprint density at radius 2 is 1.92 bits per heavy atom. The summed E-state index contributed by atoms with van der Waals surface area (Å²) in [5, 5.41) is 9.98. The number of amides is 1. The predicted octanol–water partition coefficient (Wildman–Crippen LogP) is 2.10. The Morgan fingerprint density at radius 3 is 2.67 bits per heavy atom. The summed E-state index contributed by atoms with van der Waals surface area (Å²) in [6.45, 7) is 6.07. The molecule has 10 nitrogen and oxygen atoms in total. The van der Waals surface area contributed by atoms with E-state index in [1.807, 2.05) is 12.1 Å². The Hall–Kier alpha value is -3.72. The van der Waals surface area contributed by atoms with Crippen LogP contribution >= 0.6 is 11.3 Å². The number of fused-ring (bicyclic) bond motifs is 1. The maximum absolute atomic E-state index is 12.6. The van der Waals surface area contributed by atoms with Gasteiger partial charge >= 0.3 is 5.97 Å². The zero-order valence-electron chi connectivity index (χ0n) is 21.5. The molecule has 2 aromatic heterocycles. The van der Waals surface area contributed by atoms with Crippen LogP contribution in [0.2, 0.25) is 0 Å². The van der Waals surface area contributed by atoms with Gasteiger partial charge in [0.1, 0.15) is 5.75 Å². The Bertz CT molecular complexity index is 1450. The summed E-state index contributed by atoms with van der Waals surface area (Å²) in [6.07, 6.45) is 0.182. The van der Waals surface area contributed by atoms with E-state index in [0.717, 1.165) is 52.7 Å². The fourth-order valence-corrected chi connectivity index (χ4v) is 6.00. The Kier molecular flexibility index (Phi) is 7.32. The minimum atomic E-state index is -0.615. The first-order valence-corrected chi connectivity index (χ1v) is 14.0. The van der Waals surface area contributed by atoms with Gasteiger partial charge in [-0.05, 0) is 18.2 Å². The maximum Gasteiger partial charge on any atom is 0.306 e. The number of carbonyl (C=O) groups excluding carboxylic acids is 2. The third-order valence-corrected chi connectivity index (χ3v) is 8.16. The van der Waals surface area contributed by atoms with Gasteiger partial charge in [-0.3, -0.25) is 14.5 Å². The quantitative estimate of drug-likeness (QED) is 0.388. The number of piperazine rings is 1. The summed E-state index contributed by atoms with van der Waals surface area (Å²) < 4.78 is 11.7. The van der Waals surface area contributed by atoms with Crippen LogP contribution in [0.15, 0.2) is 30.3 Å². The first kappa shape index (κ1) is 25.6. The maximum atomic E-state index is 12.6. The molecule has 11 heteroatoms. The molecule has 3 aromatic rings. The van der Waals surface area contributed by atoms with Crippen molar-refractivity contribution in [3.8, 4) is 29.0 Å². The number of esters is 1. The number of ether oxygens (including phenoxy) is 2. The molecule has 0 bridgehead atoms. The van der Waals surface area contributed by atoms with Gasteiger partial charge in [0.05, 0.1) is 34.9 Å². The zero-order chi connectivity index (χ0) is 26.8. The predicted molar refractivity (Wildman–Crippen MR) is 147 cm³/mol. The van der Waals surface area contributed by atoms with Gasteiger partial charge in [-0.2, -0.15) is 0 Å². The highest BCUT2D eigenvalue weighted by Gasteiger charge is 2.34. The summed E-state index contributed by atoms with van der Waals surface area (Å²) in [6, 6.07) is 8.99. The van der Waals surface area contributed by atoms with Gasteiger partial charge in [0.2, 0.25) is 0 Å². The Morgan fingerprint density at radius 1 is 1.10 bits per heavy atom. The van der Waals surface area contributed by atoms with Crippen molar-refractivity contribution in [2.75, 3.05) is 63.9 Å². The molecule has 5 heterocycles. The highest BCUT2D eigenvalue weighted by Crippen LogP contribution is 2.34. The van der Waals surface area contributed by atoms with Crippen LogP contribution in [0, 0.1) is 11.8 Å². The van der Waals surface area contributed by atoms with E-state index in [2.05, 4.69) is 21.6 Å². The molecule has 202 valence electrons. The molecule has 0 radical (unpaired) electrons. The van der Waals surface area contributed by atoms with E-state index < -0.39 is 6.10 Å². The van der Waals surface area contributed by atoms with E-state index in [0.29, 0.717) is 51.5 Å². The number of aromatic nitrogens is 2. The third kappa shape index (κ3) is 5.68. The lowest BCUT2D eigenvalue weighted by atomic mass is 10.2. The summed E-state index contributed by atoms with van der Waals surface area (Å²) >= 11 is 1.59. The zero-order valence-corrected chi connectivity index (χ0v) is 22.3. The number of carbonyl (C=O) groups is 2. The van der Waals surface area contributed by atoms with Gasteiger partial charge in [0.15, 0.2) is 17.7 Å². The molecule has 1 aromatic carbocycles. The van der Waals surface area contributed by atoms with Crippen LogP contribution in [0.4, 0.5) is 5.82 Å². The summed E-state index contributed by atoms with van der Waals surface area (Å²) in [4.78, 5) is 40.8. The van der Waals surface area contributed by atoms with E-state index in [-0.39, 0.29) is 17.6 Å². The second-order valence-electron chi connectivity index (χ2n) is 9.77. The SMILES string of the molecule is O=C1CC[C@@H](C(=O)N2CCN(CC#Cc3cc4nc(-c5cccc(O)c5)nc(N5CCOCC5)c4s3)CC2)O1. The first-order chi connectivity index (χ1) is 19.0. The molecule has 1 N–H and O–H groups in total. The summed E-state index contributed by atoms with van der Waals surface area (Å²) in [5.41, 5.74) is 1.59. The van der Waals surface area contributed by atoms with Crippen molar-refractivity contribution in [1.82, 2.24) is 19.8 Å². The van der Waals surface area contributed by atoms with Gasteiger partial charge in [-0.25, -0.2) is 9.97 Å². The molecule has 3 saturated heterocycles. The number of nitrogens with zero attached hydrogens (tertiary/aromatic N) is 5. The fraction of sp³-hybridized carbons (Fsp3) is 0.429. The van der Waals surface area contributed by atoms with Crippen LogP contribution in [-0.4, -0.2) is 102 Å². The lowest BCUT2D eigenvalue weighted by Crippen LogP contribution is -2.51. The second-order valence-corrected chi connectivity index (χ2v) is 10.8. The average Bonchev–Trinajstić information content (AvgIpc) is 3.59. The molecule has 0 unspecified atom stereocenters. The standard InChI is InChI=1S/C28H29N5O5S/c34-20-4-1-3-19(17-20)26-29-22-18-21(39-25(22)27(30-26)32-13-15-37-16-14-32)5-2-8-31-9-11-33(12-10-31)28(36)23-6-7-24(35)38-23/h1,3-4,17-18,23,34H,6-16H2/t23-/m0/s1. The van der Waals surface area contributed by atoms with Crippen LogP contribution in [0.3, 0.4) is 0 Å². The van der Waals surface area contributed by atoms with E-state index in [1.54, 1.807) is 34.4 Å². The molecule has 0 saturated carbocycles. The van der Waals surface area contributed by atoms with Gasteiger partial charge < -0.3 is 24.4 Å². The molecule has 6 rings (SSSR count). The number of cyclic esters (lactones) is 1. The Balaban J connectivity index is 1.16. The lowest BCUT2D eigenvalue weighted by Gasteiger charge is -2.34. The van der Waals surface area contributed by atoms with Crippen LogP contribution in [-0.2, 0) is 19.1 Å². The second kappa shape index (κ2) is 11.2. The van der Waals surface area contributed by atoms with Crippen molar-refractivity contribution in [2.45, 2.75) is 18.9 Å². The molecule has 1 atom stereocenters. The van der Waals surface area contributed by atoms with Crippen LogP contribution < -0.4 is 4.90 Å². The topological polar surface area (TPSA) is 108 Å². The molecule has 1 amide bonds. The van der Waals surface area contributed by atoms with E-state index >= 15 is 0 Å². The largest absolute Gasteiger partial charge is 0.508 e. The number of hydrogen-bond donors (Lipinski definition) is 1. The first-order valence-electron chi connectivity index (χ1n) is 13.2. The van der Waals surface area contributed by atoms with Crippen molar-refractivity contribution in [1.29, 1.82) is 0 Å². The van der Waals surface area contributed by atoms with Crippen molar-refractivity contribution in [3.63, 3.8) is 0 Å². The van der Waals surface area contributed by atoms with Gasteiger partial charge in [0, 0.05) is 57.7 Å². The number of phenolic OH excluding ortho intramolecular Hbond substituents is 1. The third-order valence-electron chi connectivity index (χ3n) is 7.13.